The topological polar surface area (TPSA) is 18.5 Å². The van der Waals surface area contributed by atoms with Gasteiger partial charge in [0.2, 0.25) is 0 Å². The van der Waals surface area contributed by atoms with Gasteiger partial charge in [0.1, 0.15) is 11.5 Å². The van der Waals surface area contributed by atoms with Gasteiger partial charge in [-0.1, -0.05) is 44.2 Å². The Morgan fingerprint density at radius 2 is 1.57 bits per heavy atom. The Labute approximate surface area is 140 Å². The van der Waals surface area contributed by atoms with Crippen LogP contribution in [0.25, 0.3) is 0 Å². The lowest BCUT2D eigenvalue weighted by molar-refractivity contribution is 0.372. The number of hydrogen-bond acceptors (Lipinski definition) is 2. The summed E-state index contributed by atoms with van der Waals surface area (Å²) in [5.74, 6) is 2.48. The summed E-state index contributed by atoms with van der Waals surface area (Å²) in [7, 11) is 3.44. The highest BCUT2D eigenvalue weighted by atomic mass is 127. The highest BCUT2D eigenvalue weighted by Crippen LogP contribution is 2.44. The summed E-state index contributed by atoms with van der Waals surface area (Å²) >= 11 is 2.31. The molecule has 0 N–H and O–H groups in total. The molecule has 2 aromatic carbocycles. The van der Waals surface area contributed by atoms with Crippen molar-refractivity contribution in [3.63, 3.8) is 0 Å². The molecule has 0 spiro atoms. The van der Waals surface area contributed by atoms with Crippen molar-refractivity contribution in [2.75, 3.05) is 14.2 Å². The number of rotatable bonds is 5. The van der Waals surface area contributed by atoms with Gasteiger partial charge in [0, 0.05) is 11.5 Å². The molecule has 0 fully saturated rings. The van der Waals surface area contributed by atoms with E-state index in [1.807, 2.05) is 18.2 Å². The summed E-state index contributed by atoms with van der Waals surface area (Å²) in [6, 6.07) is 14.6. The second kappa shape index (κ2) is 7.16. The van der Waals surface area contributed by atoms with Gasteiger partial charge >= 0.3 is 0 Å². The Kier molecular flexibility index (Phi) is 5.51. The minimum atomic E-state index is 0.241. The zero-order chi connectivity index (χ0) is 15.4. The van der Waals surface area contributed by atoms with Gasteiger partial charge in [-0.3, -0.25) is 0 Å². The molecule has 0 bridgehead atoms. The van der Waals surface area contributed by atoms with E-state index in [0.717, 1.165) is 20.6 Å². The first-order chi connectivity index (χ1) is 10.1. The summed E-state index contributed by atoms with van der Waals surface area (Å²) < 4.78 is 12.4. The first-order valence-electron chi connectivity index (χ1n) is 7.05. The van der Waals surface area contributed by atoms with E-state index in [4.69, 9.17) is 9.47 Å². The predicted octanol–water partition coefficient (Wildman–Crippen LogP) is 5.10. The predicted molar refractivity (Wildman–Crippen MR) is 95.4 cm³/mol. The van der Waals surface area contributed by atoms with Gasteiger partial charge in [-0.05, 0) is 46.2 Å². The van der Waals surface area contributed by atoms with E-state index in [1.165, 1.54) is 5.56 Å². The lowest BCUT2D eigenvalue weighted by Crippen LogP contribution is -2.12. The molecule has 3 heteroatoms. The highest BCUT2D eigenvalue weighted by molar-refractivity contribution is 14.1. The quantitative estimate of drug-likeness (QED) is 0.655. The fourth-order valence-corrected chi connectivity index (χ4v) is 3.47. The van der Waals surface area contributed by atoms with Crippen molar-refractivity contribution in [3.05, 3.63) is 57.2 Å². The summed E-state index contributed by atoms with van der Waals surface area (Å²) in [6.45, 7) is 4.47. The first-order valence-corrected chi connectivity index (χ1v) is 8.13. The molecular formula is C18H21IO2. The average Bonchev–Trinajstić information content (AvgIpc) is 2.49. The zero-order valence-corrected chi connectivity index (χ0v) is 15.0. The molecule has 0 aliphatic rings. The smallest absolute Gasteiger partial charge is 0.139 e. The Morgan fingerprint density at radius 1 is 0.905 bits per heavy atom. The second-order valence-electron chi connectivity index (χ2n) is 5.33. The third-order valence-corrected chi connectivity index (χ3v) is 4.52. The molecule has 0 aliphatic heterocycles. The summed E-state index contributed by atoms with van der Waals surface area (Å²) in [4.78, 5) is 0. The van der Waals surface area contributed by atoms with E-state index < -0.39 is 0 Å². The maximum Gasteiger partial charge on any atom is 0.139 e. The van der Waals surface area contributed by atoms with Crippen LogP contribution in [-0.4, -0.2) is 14.2 Å². The lowest BCUT2D eigenvalue weighted by Gasteiger charge is -2.26. The number of halogens is 1. The van der Waals surface area contributed by atoms with Crippen molar-refractivity contribution in [1.82, 2.24) is 0 Å². The van der Waals surface area contributed by atoms with E-state index in [1.54, 1.807) is 14.2 Å². The van der Waals surface area contributed by atoms with Crippen LogP contribution in [0, 0.1) is 9.49 Å². The van der Waals surface area contributed by atoms with Crippen LogP contribution in [-0.2, 0) is 0 Å². The molecule has 0 saturated heterocycles. The summed E-state index contributed by atoms with van der Waals surface area (Å²) in [5.41, 5.74) is 2.42. The van der Waals surface area contributed by atoms with Gasteiger partial charge in [-0.15, -0.1) is 0 Å². The third kappa shape index (κ3) is 3.34. The molecular weight excluding hydrogens is 375 g/mol. The van der Waals surface area contributed by atoms with Crippen molar-refractivity contribution >= 4 is 22.6 Å². The van der Waals surface area contributed by atoms with Crippen molar-refractivity contribution in [3.8, 4) is 11.5 Å². The van der Waals surface area contributed by atoms with Gasteiger partial charge in [0.15, 0.2) is 0 Å². The molecule has 21 heavy (non-hydrogen) atoms. The number of benzene rings is 2. The van der Waals surface area contributed by atoms with E-state index >= 15 is 0 Å². The fourth-order valence-electron chi connectivity index (χ4n) is 2.78. The summed E-state index contributed by atoms with van der Waals surface area (Å²) in [6.07, 6.45) is 0. The standard InChI is InChI=1S/C18H21IO2/c1-12(2)16(13-8-6-5-7-9-13)17-15(20-3)11-10-14(19)18(17)21-4/h5-12,16H,1-4H3/t16-/m1/s1. The lowest BCUT2D eigenvalue weighted by atomic mass is 9.81. The van der Waals surface area contributed by atoms with Gasteiger partial charge in [-0.2, -0.15) is 0 Å². The van der Waals surface area contributed by atoms with Crippen LogP contribution in [0.3, 0.4) is 0 Å². The monoisotopic (exact) mass is 396 g/mol. The Balaban J connectivity index is 2.68. The van der Waals surface area contributed by atoms with Crippen LogP contribution in [0.4, 0.5) is 0 Å². The number of methoxy groups -OCH3 is 2. The van der Waals surface area contributed by atoms with E-state index in [2.05, 4.69) is 60.7 Å². The SMILES string of the molecule is COc1ccc(I)c(OC)c1[C@@H](c1ccccc1)C(C)C. The molecule has 0 heterocycles. The van der Waals surface area contributed by atoms with E-state index in [9.17, 15) is 0 Å². The van der Waals surface area contributed by atoms with Crippen LogP contribution < -0.4 is 9.47 Å². The normalized spacial score (nSPS) is 12.3. The largest absolute Gasteiger partial charge is 0.496 e. The molecule has 0 unspecified atom stereocenters. The van der Waals surface area contributed by atoms with Crippen molar-refractivity contribution < 1.29 is 9.47 Å². The van der Waals surface area contributed by atoms with Crippen LogP contribution in [0.15, 0.2) is 42.5 Å². The maximum absolute atomic E-state index is 5.68. The van der Waals surface area contributed by atoms with E-state index in [-0.39, 0.29) is 5.92 Å². The average molecular weight is 396 g/mol. The molecule has 0 aromatic heterocycles. The van der Waals surface area contributed by atoms with Crippen LogP contribution in [0.5, 0.6) is 11.5 Å². The molecule has 1 atom stereocenters. The zero-order valence-electron chi connectivity index (χ0n) is 12.9. The van der Waals surface area contributed by atoms with Gasteiger partial charge in [0.05, 0.1) is 17.8 Å². The Morgan fingerprint density at radius 3 is 2.10 bits per heavy atom. The fraction of sp³-hybridized carbons (Fsp3) is 0.333. The Hall–Kier alpha value is -1.23. The number of hydrogen-bond donors (Lipinski definition) is 0. The van der Waals surface area contributed by atoms with Gasteiger partial charge in [-0.25, -0.2) is 0 Å². The van der Waals surface area contributed by atoms with Gasteiger partial charge < -0.3 is 9.47 Å². The van der Waals surface area contributed by atoms with Gasteiger partial charge in [0.25, 0.3) is 0 Å². The molecule has 2 rings (SSSR count). The van der Waals surface area contributed by atoms with Crippen LogP contribution in [0.2, 0.25) is 0 Å². The number of ether oxygens (including phenoxy) is 2. The molecule has 2 nitrogen and oxygen atoms in total. The molecule has 0 amide bonds. The maximum atomic E-state index is 5.68. The first kappa shape index (κ1) is 16.1. The summed E-state index contributed by atoms with van der Waals surface area (Å²) in [5, 5.41) is 0. The van der Waals surface area contributed by atoms with Crippen molar-refractivity contribution in [1.29, 1.82) is 0 Å². The minimum Gasteiger partial charge on any atom is -0.496 e. The minimum absolute atomic E-state index is 0.241. The molecule has 112 valence electrons. The third-order valence-electron chi connectivity index (χ3n) is 3.67. The molecule has 0 aliphatic carbocycles. The van der Waals surface area contributed by atoms with Crippen LogP contribution >= 0.6 is 22.6 Å². The molecule has 2 aromatic rings. The van der Waals surface area contributed by atoms with Crippen molar-refractivity contribution in [2.24, 2.45) is 5.92 Å². The van der Waals surface area contributed by atoms with Crippen molar-refractivity contribution in [2.45, 2.75) is 19.8 Å². The van der Waals surface area contributed by atoms with E-state index in [0.29, 0.717) is 5.92 Å². The van der Waals surface area contributed by atoms with Crippen LogP contribution in [0.1, 0.15) is 30.9 Å². The Bertz CT molecular complexity index is 594. The highest BCUT2D eigenvalue weighted by Gasteiger charge is 2.26. The second-order valence-corrected chi connectivity index (χ2v) is 6.49. The molecule has 0 radical (unpaired) electrons. The molecule has 0 saturated carbocycles.